The molecule has 0 unspecified atom stereocenters. The van der Waals surface area contributed by atoms with E-state index in [-0.39, 0.29) is 6.10 Å². The predicted octanol–water partition coefficient (Wildman–Crippen LogP) is 4.19. The van der Waals surface area contributed by atoms with E-state index in [9.17, 15) is 5.11 Å². The first-order valence-corrected chi connectivity index (χ1v) is 8.77. The van der Waals surface area contributed by atoms with Crippen molar-refractivity contribution >= 4 is 0 Å². The van der Waals surface area contributed by atoms with Gasteiger partial charge in [-0.1, -0.05) is 67.1 Å². The van der Waals surface area contributed by atoms with Crippen molar-refractivity contribution in [1.29, 1.82) is 0 Å². The summed E-state index contributed by atoms with van der Waals surface area (Å²) in [6.45, 7) is 0. The molecule has 2 aromatic carbocycles. The maximum absolute atomic E-state index is 11.0. The van der Waals surface area contributed by atoms with Gasteiger partial charge in [-0.3, -0.25) is 4.90 Å². The molecule has 23 heavy (non-hydrogen) atoms. The summed E-state index contributed by atoms with van der Waals surface area (Å²) >= 11 is 0. The van der Waals surface area contributed by atoms with Crippen LogP contribution < -0.4 is 0 Å². The number of hydrogen-bond donors (Lipinski definition) is 1. The largest absolute Gasteiger partial charge is 0.392 e. The summed E-state index contributed by atoms with van der Waals surface area (Å²) in [6, 6.07) is 22.0. The first kappa shape index (κ1) is 14.9. The molecule has 0 aromatic heterocycles. The zero-order valence-corrected chi connectivity index (χ0v) is 13.7. The summed E-state index contributed by atoms with van der Waals surface area (Å²) < 4.78 is 0. The number of nitrogens with zero attached hydrogens (tertiary/aromatic N) is 1. The highest BCUT2D eigenvalue weighted by molar-refractivity contribution is 5.27. The van der Waals surface area contributed by atoms with Crippen LogP contribution in [0.3, 0.4) is 0 Å². The molecule has 1 aliphatic carbocycles. The van der Waals surface area contributed by atoms with Gasteiger partial charge in [0.25, 0.3) is 0 Å². The second kappa shape index (κ2) is 6.10. The Balaban J connectivity index is 1.78. The molecule has 1 N–H and O–H groups in total. The highest BCUT2D eigenvalue weighted by atomic mass is 16.3. The molecule has 1 heterocycles. The Labute approximate surface area is 138 Å². The Kier molecular flexibility index (Phi) is 3.96. The van der Waals surface area contributed by atoms with Crippen molar-refractivity contribution in [3.63, 3.8) is 0 Å². The summed E-state index contributed by atoms with van der Waals surface area (Å²) in [6.07, 6.45) is 3.29. The molecule has 4 atom stereocenters. The monoisotopic (exact) mass is 307 g/mol. The third kappa shape index (κ3) is 2.50. The van der Waals surface area contributed by atoms with Crippen molar-refractivity contribution in [2.24, 2.45) is 11.8 Å². The lowest BCUT2D eigenvalue weighted by Crippen LogP contribution is -2.53. The third-order valence-corrected chi connectivity index (χ3v) is 5.92. The molecule has 2 fully saturated rings. The number of likely N-dealkylation sites (tertiary alicyclic amines) is 1. The SMILES string of the molecule is CN1[C@H](c2ccccc2)[C@H]2CCC[C@@H](C2O)[C@H]1c1ccccc1. The van der Waals surface area contributed by atoms with Gasteiger partial charge in [0.05, 0.1) is 6.10 Å². The van der Waals surface area contributed by atoms with Gasteiger partial charge in [-0.15, -0.1) is 0 Å². The van der Waals surface area contributed by atoms with Gasteiger partial charge in [-0.2, -0.15) is 0 Å². The quantitative estimate of drug-likeness (QED) is 0.899. The molecule has 4 rings (SSSR count). The molecular weight excluding hydrogens is 282 g/mol. The molecule has 2 aromatic rings. The van der Waals surface area contributed by atoms with Crippen LogP contribution in [-0.4, -0.2) is 23.2 Å². The Morgan fingerprint density at radius 2 is 1.22 bits per heavy atom. The lowest BCUT2D eigenvalue weighted by molar-refractivity contribution is -0.112. The van der Waals surface area contributed by atoms with Crippen molar-refractivity contribution in [2.45, 2.75) is 37.5 Å². The summed E-state index contributed by atoms with van der Waals surface area (Å²) in [5.41, 5.74) is 2.67. The topological polar surface area (TPSA) is 23.5 Å². The van der Waals surface area contributed by atoms with Crippen LogP contribution in [0.25, 0.3) is 0 Å². The van der Waals surface area contributed by atoms with E-state index in [4.69, 9.17) is 0 Å². The molecule has 2 bridgehead atoms. The second-order valence-corrected chi connectivity index (χ2v) is 7.13. The Morgan fingerprint density at radius 3 is 1.65 bits per heavy atom. The van der Waals surface area contributed by atoms with Crippen molar-refractivity contribution in [3.8, 4) is 0 Å². The van der Waals surface area contributed by atoms with Gasteiger partial charge in [0.15, 0.2) is 0 Å². The molecule has 1 saturated heterocycles. The highest BCUT2D eigenvalue weighted by Crippen LogP contribution is 2.52. The normalized spacial score (nSPS) is 34.3. The molecule has 2 heteroatoms. The van der Waals surface area contributed by atoms with Gasteiger partial charge in [0, 0.05) is 23.9 Å². The smallest absolute Gasteiger partial charge is 0.0633 e. The van der Waals surface area contributed by atoms with Gasteiger partial charge in [-0.05, 0) is 31.0 Å². The first-order valence-electron chi connectivity index (χ1n) is 8.77. The Bertz CT molecular complexity index is 586. The number of aliphatic hydroxyl groups excluding tert-OH is 1. The standard InChI is InChI=1S/C21H25NO/c1-22-19(15-9-4-2-5-10-15)17-13-8-14-18(21(17)23)20(22)16-11-6-3-7-12-16/h2-7,9-12,17-21,23H,8,13-14H2,1H3/t17-,18-,19-,20-/m1/s1. The van der Waals surface area contributed by atoms with Crippen LogP contribution in [0.15, 0.2) is 60.7 Å². The average Bonchev–Trinajstić information content (AvgIpc) is 2.59. The van der Waals surface area contributed by atoms with Gasteiger partial charge in [0.2, 0.25) is 0 Å². The minimum absolute atomic E-state index is 0.199. The van der Waals surface area contributed by atoms with Gasteiger partial charge < -0.3 is 5.11 Å². The summed E-state index contributed by atoms with van der Waals surface area (Å²) in [5, 5.41) is 11.0. The van der Waals surface area contributed by atoms with Crippen LogP contribution in [0.1, 0.15) is 42.5 Å². The maximum atomic E-state index is 11.0. The second-order valence-electron chi connectivity index (χ2n) is 7.13. The summed E-state index contributed by atoms with van der Waals surface area (Å²) in [7, 11) is 2.24. The van der Waals surface area contributed by atoms with Crippen LogP contribution in [0.2, 0.25) is 0 Å². The van der Waals surface area contributed by atoms with E-state index in [1.54, 1.807) is 0 Å². The highest BCUT2D eigenvalue weighted by Gasteiger charge is 2.49. The van der Waals surface area contributed by atoms with E-state index < -0.39 is 0 Å². The number of hydrogen-bond acceptors (Lipinski definition) is 2. The summed E-state index contributed by atoms with van der Waals surface area (Å²) in [5.74, 6) is 0.697. The van der Waals surface area contributed by atoms with Crippen LogP contribution >= 0.6 is 0 Å². The fourth-order valence-corrected chi connectivity index (χ4v) is 4.98. The van der Waals surface area contributed by atoms with E-state index in [0.717, 1.165) is 12.8 Å². The lowest BCUT2D eigenvalue weighted by Gasteiger charge is -2.54. The van der Waals surface area contributed by atoms with Gasteiger partial charge in [-0.25, -0.2) is 0 Å². The van der Waals surface area contributed by atoms with Gasteiger partial charge >= 0.3 is 0 Å². The third-order valence-electron chi connectivity index (χ3n) is 5.92. The van der Waals surface area contributed by atoms with Crippen LogP contribution in [-0.2, 0) is 0 Å². The number of benzene rings is 2. The summed E-state index contributed by atoms with van der Waals surface area (Å²) in [4.78, 5) is 2.52. The predicted molar refractivity (Wildman–Crippen MR) is 93.0 cm³/mol. The minimum Gasteiger partial charge on any atom is -0.392 e. The van der Waals surface area contributed by atoms with E-state index in [2.05, 4.69) is 72.6 Å². The van der Waals surface area contributed by atoms with E-state index in [1.807, 2.05) is 0 Å². The number of aliphatic hydroxyl groups is 1. The van der Waals surface area contributed by atoms with E-state index in [1.165, 1.54) is 17.5 Å². The Hall–Kier alpha value is -1.64. The molecular formula is C21H25NO. The Morgan fingerprint density at radius 1 is 0.783 bits per heavy atom. The fraction of sp³-hybridized carbons (Fsp3) is 0.429. The van der Waals surface area contributed by atoms with E-state index in [0.29, 0.717) is 23.9 Å². The zero-order valence-electron chi connectivity index (χ0n) is 13.7. The first-order chi connectivity index (χ1) is 11.3. The molecule has 2 nitrogen and oxygen atoms in total. The van der Waals surface area contributed by atoms with E-state index >= 15 is 0 Å². The average molecular weight is 307 g/mol. The molecule has 120 valence electrons. The molecule has 0 spiro atoms. The van der Waals surface area contributed by atoms with Crippen molar-refractivity contribution in [1.82, 2.24) is 4.90 Å². The molecule has 1 saturated carbocycles. The van der Waals surface area contributed by atoms with Crippen LogP contribution in [0, 0.1) is 11.8 Å². The van der Waals surface area contributed by atoms with Crippen molar-refractivity contribution in [2.75, 3.05) is 7.05 Å². The van der Waals surface area contributed by atoms with Gasteiger partial charge in [0.1, 0.15) is 0 Å². The number of fused-ring (bicyclic) bond motifs is 2. The van der Waals surface area contributed by atoms with Crippen molar-refractivity contribution in [3.05, 3.63) is 71.8 Å². The fourth-order valence-electron chi connectivity index (χ4n) is 4.98. The number of piperidine rings is 1. The molecule has 2 aliphatic rings. The van der Waals surface area contributed by atoms with Crippen LogP contribution in [0.5, 0.6) is 0 Å². The maximum Gasteiger partial charge on any atom is 0.0633 e. The molecule has 0 radical (unpaired) electrons. The molecule has 0 amide bonds. The van der Waals surface area contributed by atoms with Crippen LogP contribution in [0.4, 0.5) is 0 Å². The zero-order chi connectivity index (χ0) is 15.8. The molecule has 1 aliphatic heterocycles. The lowest BCUT2D eigenvalue weighted by atomic mass is 9.65. The van der Waals surface area contributed by atoms with Crippen molar-refractivity contribution < 1.29 is 5.11 Å². The minimum atomic E-state index is -0.199. The number of rotatable bonds is 2.